The van der Waals surface area contributed by atoms with Crippen LogP contribution in [0.15, 0.2) is 24.3 Å². The molecule has 1 saturated carbocycles. The molecule has 3 rings (SSSR count). The maximum Gasteiger partial charge on any atom is 0.122 e. The topological polar surface area (TPSA) is 21.3 Å². The molecule has 0 bridgehead atoms. The number of hydrogen-bond acceptors (Lipinski definition) is 2. The third-order valence-corrected chi connectivity index (χ3v) is 4.63. The number of benzene rings is 1. The van der Waals surface area contributed by atoms with Crippen LogP contribution in [0.4, 0.5) is 0 Å². The van der Waals surface area contributed by atoms with Gasteiger partial charge in [-0.3, -0.25) is 0 Å². The van der Waals surface area contributed by atoms with E-state index in [2.05, 4.69) is 43.4 Å². The fourth-order valence-corrected chi connectivity index (χ4v) is 3.82. The molecule has 0 radical (unpaired) electrons. The lowest BCUT2D eigenvalue weighted by molar-refractivity contribution is 0.233. The van der Waals surface area contributed by atoms with E-state index >= 15 is 0 Å². The number of nitrogens with one attached hydrogen (secondary N) is 1. The van der Waals surface area contributed by atoms with Crippen molar-refractivity contribution in [3.8, 4) is 5.75 Å². The van der Waals surface area contributed by atoms with Crippen molar-refractivity contribution in [1.82, 2.24) is 5.32 Å². The van der Waals surface area contributed by atoms with Gasteiger partial charge in [-0.1, -0.05) is 32.0 Å². The highest BCUT2D eigenvalue weighted by Crippen LogP contribution is 2.34. The standard InChI is InChI=1S/C17H25NO/c1-12-7-13(2)9-15(8-12)18-10-14-11-19-17-6-4-3-5-16(14)17/h3-6,12-15,18H,7-11H2,1-2H3. The zero-order valence-corrected chi connectivity index (χ0v) is 12.1. The van der Waals surface area contributed by atoms with Gasteiger partial charge in [0.25, 0.3) is 0 Å². The molecule has 19 heavy (non-hydrogen) atoms. The van der Waals surface area contributed by atoms with Gasteiger partial charge >= 0.3 is 0 Å². The predicted molar refractivity (Wildman–Crippen MR) is 78.6 cm³/mol. The summed E-state index contributed by atoms with van der Waals surface area (Å²) in [7, 11) is 0. The molecule has 104 valence electrons. The van der Waals surface area contributed by atoms with Crippen molar-refractivity contribution in [2.45, 2.75) is 45.1 Å². The predicted octanol–water partition coefficient (Wildman–Crippen LogP) is 3.58. The molecule has 0 aromatic heterocycles. The van der Waals surface area contributed by atoms with Gasteiger partial charge < -0.3 is 10.1 Å². The van der Waals surface area contributed by atoms with E-state index in [0.29, 0.717) is 12.0 Å². The maximum absolute atomic E-state index is 5.75. The summed E-state index contributed by atoms with van der Waals surface area (Å²) in [5, 5.41) is 3.79. The van der Waals surface area contributed by atoms with Crippen molar-refractivity contribution >= 4 is 0 Å². The van der Waals surface area contributed by atoms with Crippen LogP contribution in [0.2, 0.25) is 0 Å². The fraction of sp³-hybridized carbons (Fsp3) is 0.647. The monoisotopic (exact) mass is 259 g/mol. The van der Waals surface area contributed by atoms with Gasteiger partial charge in [0, 0.05) is 24.1 Å². The fourth-order valence-electron chi connectivity index (χ4n) is 3.82. The Morgan fingerprint density at radius 1 is 1.11 bits per heavy atom. The second-order valence-corrected chi connectivity index (χ2v) is 6.57. The highest BCUT2D eigenvalue weighted by molar-refractivity contribution is 5.39. The molecular weight excluding hydrogens is 234 g/mol. The Balaban J connectivity index is 1.56. The lowest BCUT2D eigenvalue weighted by atomic mass is 9.80. The number of fused-ring (bicyclic) bond motifs is 1. The highest BCUT2D eigenvalue weighted by atomic mass is 16.5. The molecule has 1 N–H and O–H groups in total. The van der Waals surface area contributed by atoms with Crippen LogP contribution in [0.25, 0.3) is 0 Å². The molecule has 0 spiro atoms. The van der Waals surface area contributed by atoms with Crippen LogP contribution in [-0.4, -0.2) is 19.2 Å². The zero-order valence-electron chi connectivity index (χ0n) is 12.1. The van der Waals surface area contributed by atoms with E-state index in [1.165, 1.54) is 24.8 Å². The molecule has 1 aromatic carbocycles. The summed E-state index contributed by atoms with van der Waals surface area (Å²) in [5.74, 6) is 3.35. The average Bonchev–Trinajstić information content (AvgIpc) is 2.78. The van der Waals surface area contributed by atoms with Gasteiger partial charge in [-0.05, 0) is 37.2 Å². The molecule has 3 unspecified atom stereocenters. The maximum atomic E-state index is 5.75. The molecule has 3 atom stereocenters. The van der Waals surface area contributed by atoms with Gasteiger partial charge in [-0.25, -0.2) is 0 Å². The minimum absolute atomic E-state index is 0.531. The van der Waals surface area contributed by atoms with Crippen molar-refractivity contribution < 1.29 is 4.74 Å². The first-order valence-corrected chi connectivity index (χ1v) is 7.67. The first kappa shape index (κ1) is 13.0. The van der Waals surface area contributed by atoms with Gasteiger partial charge in [0.15, 0.2) is 0 Å². The number of rotatable bonds is 3. The molecule has 2 heteroatoms. The van der Waals surface area contributed by atoms with Crippen LogP contribution in [0.5, 0.6) is 5.75 Å². The number of ether oxygens (including phenoxy) is 1. The summed E-state index contributed by atoms with van der Waals surface area (Å²) in [6.45, 7) is 6.67. The minimum atomic E-state index is 0.531. The Morgan fingerprint density at radius 2 is 1.84 bits per heavy atom. The second kappa shape index (κ2) is 5.54. The quantitative estimate of drug-likeness (QED) is 0.896. The van der Waals surface area contributed by atoms with Gasteiger partial charge in [-0.15, -0.1) is 0 Å². The first-order valence-electron chi connectivity index (χ1n) is 7.67. The highest BCUT2D eigenvalue weighted by Gasteiger charge is 2.27. The molecular formula is C17H25NO. The van der Waals surface area contributed by atoms with E-state index < -0.39 is 0 Å². The van der Waals surface area contributed by atoms with E-state index in [0.717, 1.165) is 30.7 Å². The Kier molecular flexibility index (Phi) is 3.79. The van der Waals surface area contributed by atoms with Gasteiger partial charge in [0.2, 0.25) is 0 Å². The van der Waals surface area contributed by atoms with Crippen molar-refractivity contribution in [2.75, 3.05) is 13.2 Å². The lowest BCUT2D eigenvalue weighted by Crippen LogP contribution is -2.38. The smallest absolute Gasteiger partial charge is 0.122 e. The molecule has 0 saturated heterocycles. The van der Waals surface area contributed by atoms with Crippen LogP contribution < -0.4 is 10.1 Å². The third kappa shape index (κ3) is 2.94. The van der Waals surface area contributed by atoms with Crippen LogP contribution >= 0.6 is 0 Å². The summed E-state index contributed by atoms with van der Waals surface area (Å²) in [6.07, 6.45) is 4.06. The average molecular weight is 259 g/mol. The van der Waals surface area contributed by atoms with Crippen molar-refractivity contribution in [3.63, 3.8) is 0 Å². The molecule has 2 aliphatic rings. The minimum Gasteiger partial charge on any atom is -0.493 e. The molecule has 2 nitrogen and oxygen atoms in total. The first-order chi connectivity index (χ1) is 9.22. The van der Waals surface area contributed by atoms with Crippen LogP contribution in [0.1, 0.15) is 44.6 Å². The summed E-state index contributed by atoms with van der Waals surface area (Å²) in [6, 6.07) is 9.16. The van der Waals surface area contributed by atoms with Gasteiger partial charge in [-0.2, -0.15) is 0 Å². The third-order valence-electron chi connectivity index (χ3n) is 4.63. The molecule has 0 amide bonds. The van der Waals surface area contributed by atoms with Crippen molar-refractivity contribution in [1.29, 1.82) is 0 Å². The lowest BCUT2D eigenvalue weighted by Gasteiger charge is -2.32. The molecule has 1 fully saturated rings. The number of hydrogen-bond donors (Lipinski definition) is 1. The Hall–Kier alpha value is -1.02. The van der Waals surface area contributed by atoms with Gasteiger partial charge in [0.05, 0.1) is 6.61 Å². The van der Waals surface area contributed by atoms with Crippen molar-refractivity contribution in [3.05, 3.63) is 29.8 Å². The van der Waals surface area contributed by atoms with Crippen LogP contribution in [0.3, 0.4) is 0 Å². The molecule has 1 aliphatic carbocycles. The van der Waals surface area contributed by atoms with E-state index in [4.69, 9.17) is 4.74 Å². The Bertz CT molecular complexity index is 421. The molecule has 1 aliphatic heterocycles. The normalized spacial score (nSPS) is 33.8. The summed E-state index contributed by atoms with van der Waals surface area (Å²) < 4.78 is 5.75. The summed E-state index contributed by atoms with van der Waals surface area (Å²) in [4.78, 5) is 0. The molecule has 1 heterocycles. The Morgan fingerprint density at radius 3 is 2.63 bits per heavy atom. The van der Waals surface area contributed by atoms with E-state index in [1.807, 2.05) is 0 Å². The summed E-state index contributed by atoms with van der Waals surface area (Å²) in [5.41, 5.74) is 1.38. The van der Waals surface area contributed by atoms with E-state index in [1.54, 1.807) is 0 Å². The SMILES string of the molecule is CC1CC(C)CC(NCC2COc3ccccc32)C1. The van der Waals surface area contributed by atoms with E-state index in [9.17, 15) is 0 Å². The second-order valence-electron chi connectivity index (χ2n) is 6.57. The van der Waals surface area contributed by atoms with Crippen LogP contribution in [0, 0.1) is 11.8 Å². The zero-order chi connectivity index (χ0) is 13.2. The number of para-hydroxylation sites is 1. The largest absolute Gasteiger partial charge is 0.493 e. The van der Waals surface area contributed by atoms with Gasteiger partial charge in [0.1, 0.15) is 5.75 Å². The summed E-state index contributed by atoms with van der Waals surface area (Å²) >= 11 is 0. The van der Waals surface area contributed by atoms with Crippen LogP contribution in [-0.2, 0) is 0 Å². The Labute approximate surface area is 116 Å². The van der Waals surface area contributed by atoms with E-state index in [-0.39, 0.29) is 0 Å². The van der Waals surface area contributed by atoms with Crippen molar-refractivity contribution in [2.24, 2.45) is 11.8 Å². The molecule has 1 aromatic rings.